The summed E-state index contributed by atoms with van der Waals surface area (Å²) in [6.45, 7) is 0.0309. The lowest BCUT2D eigenvalue weighted by Gasteiger charge is -2.18. The van der Waals surface area contributed by atoms with E-state index in [0.29, 0.717) is 12.0 Å². The Morgan fingerprint density at radius 1 is 1.22 bits per heavy atom. The monoisotopic (exact) mass is 354 g/mol. The maximum absolute atomic E-state index is 10.7. The molecule has 0 amide bonds. The number of nitrogens with one attached hydrogen (secondary N) is 1. The summed E-state index contributed by atoms with van der Waals surface area (Å²) in [7, 11) is -1.70. The number of para-hydroxylation sites is 1. The molecule has 0 aliphatic heterocycles. The molecule has 9 heteroatoms. The van der Waals surface area contributed by atoms with E-state index in [4.69, 9.17) is 20.6 Å². The molecule has 0 spiro atoms. The van der Waals surface area contributed by atoms with Crippen LogP contribution in [0, 0.1) is 10.1 Å². The number of nitrogens with zero attached hydrogens (tertiary/aromatic N) is 1. The summed E-state index contributed by atoms with van der Waals surface area (Å²) in [5.41, 5.74) is -0.142. The SMILES string of the molecule is O=CCNP(Oc1ccccc1)Oc1ccc([N+](=O)[O-])cc1Cl. The number of carbonyl (C=O) groups excluding carboxylic acids is 1. The summed E-state index contributed by atoms with van der Waals surface area (Å²) in [6.07, 6.45) is 0.671. The molecule has 2 rings (SSSR count). The summed E-state index contributed by atoms with van der Waals surface area (Å²) >= 11 is 5.98. The fourth-order valence-corrected chi connectivity index (χ4v) is 2.85. The normalized spacial score (nSPS) is 11.5. The molecule has 7 nitrogen and oxygen atoms in total. The summed E-state index contributed by atoms with van der Waals surface area (Å²) in [4.78, 5) is 20.7. The van der Waals surface area contributed by atoms with E-state index in [1.54, 1.807) is 24.3 Å². The van der Waals surface area contributed by atoms with E-state index >= 15 is 0 Å². The fourth-order valence-electron chi connectivity index (χ4n) is 1.54. The van der Waals surface area contributed by atoms with E-state index in [1.165, 1.54) is 18.2 Å². The van der Waals surface area contributed by atoms with Crippen LogP contribution in [0.15, 0.2) is 48.5 Å². The van der Waals surface area contributed by atoms with Gasteiger partial charge in [0.05, 0.1) is 16.5 Å². The number of hydrogen-bond donors (Lipinski definition) is 1. The topological polar surface area (TPSA) is 90.7 Å². The Morgan fingerprint density at radius 3 is 2.57 bits per heavy atom. The highest BCUT2D eigenvalue weighted by Crippen LogP contribution is 2.40. The number of carbonyl (C=O) groups is 1. The second-order valence-electron chi connectivity index (χ2n) is 4.15. The van der Waals surface area contributed by atoms with Crippen LogP contribution in [0.25, 0.3) is 0 Å². The van der Waals surface area contributed by atoms with Crippen LogP contribution < -0.4 is 14.1 Å². The largest absolute Gasteiger partial charge is 0.427 e. The molecule has 2 aromatic rings. The molecule has 0 radical (unpaired) electrons. The van der Waals surface area contributed by atoms with Gasteiger partial charge in [-0.3, -0.25) is 10.1 Å². The van der Waals surface area contributed by atoms with Gasteiger partial charge in [0.15, 0.2) is 0 Å². The Bertz CT molecular complexity index is 686. The molecule has 0 saturated carbocycles. The van der Waals surface area contributed by atoms with E-state index in [0.717, 1.165) is 0 Å². The average molecular weight is 355 g/mol. The summed E-state index contributed by atoms with van der Waals surface area (Å²) in [5.74, 6) is 0.771. The van der Waals surface area contributed by atoms with E-state index in [-0.39, 0.29) is 23.0 Å². The van der Waals surface area contributed by atoms with Gasteiger partial charge in [-0.15, -0.1) is 0 Å². The fraction of sp³-hybridized carbons (Fsp3) is 0.0714. The zero-order valence-electron chi connectivity index (χ0n) is 11.7. The van der Waals surface area contributed by atoms with E-state index in [2.05, 4.69) is 5.09 Å². The molecule has 1 N–H and O–H groups in total. The van der Waals surface area contributed by atoms with Crippen LogP contribution >= 0.6 is 20.1 Å². The zero-order chi connectivity index (χ0) is 16.7. The lowest BCUT2D eigenvalue weighted by molar-refractivity contribution is -0.384. The summed E-state index contributed by atoms with van der Waals surface area (Å²) in [5, 5.41) is 13.6. The van der Waals surface area contributed by atoms with Crippen LogP contribution in [-0.4, -0.2) is 17.8 Å². The number of halogens is 1. The third kappa shape index (κ3) is 5.17. The number of aldehydes is 1. The maximum atomic E-state index is 10.7. The van der Waals surface area contributed by atoms with Crippen LogP contribution in [0.4, 0.5) is 5.69 Å². The van der Waals surface area contributed by atoms with E-state index in [9.17, 15) is 14.9 Å². The Balaban J connectivity index is 2.13. The molecule has 0 fully saturated rings. The van der Waals surface area contributed by atoms with Crippen molar-refractivity contribution in [1.82, 2.24) is 5.09 Å². The van der Waals surface area contributed by atoms with Crippen LogP contribution in [0.5, 0.6) is 11.5 Å². The van der Waals surface area contributed by atoms with Gasteiger partial charge in [-0.25, -0.2) is 5.09 Å². The first-order valence-electron chi connectivity index (χ1n) is 6.42. The van der Waals surface area contributed by atoms with Crippen molar-refractivity contribution in [2.24, 2.45) is 0 Å². The minimum Gasteiger partial charge on any atom is -0.427 e. The van der Waals surface area contributed by atoms with E-state index in [1.807, 2.05) is 6.07 Å². The highest BCUT2D eigenvalue weighted by Gasteiger charge is 2.18. The quantitative estimate of drug-likeness (QED) is 0.336. The lowest BCUT2D eigenvalue weighted by atomic mass is 10.3. The van der Waals surface area contributed by atoms with Gasteiger partial charge in [0.25, 0.3) is 5.69 Å². The van der Waals surface area contributed by atoms with Gasteiger partial charge in [0, 0.05) is 12.1 Å². The number of non-ortho nitro benzene ring substituents is 1. The molecule has 23 heavy (non-hydrogen) atoms. The van der Waals surface area contributed by atoms with Crippen LogP contribution in [0.3, 0.4) is 0 Å². The third-order valence-corrected chi connectivity index (χ3v) is 4.02. The Morgan fingerprint density at radius 2 is 1.96 bits per heavy atom. The molecule has 0 aliphatic rings. The van der Waals surface area contributed by atoms with Crippen molar-refractivity contribution in [2.75, 3.05) is 6.54 Å². The van der Waals surface area contributed by atoms with Gasteiger partial charge >= 0.3 is 8.53 Å². The van der Waals surface area contributed by atoms with Crippen molar-refractivity contribution in [3.63, 3.8) is 0 Å². The molecule has 1 unspecified atom stereocenters. The number of nitro groups is 1. The summed E-state index contributed by atoms with van der Waals surface area (Å²) < 4.78 is 11.2. The standard InChI is InChI=1S/C14H12ClN2O5P/c15-13-10-11(17(19)20)6-7-14(13)22-23(16-8-9-18)21-12-4-2-1-3-5-12/h1-7,9-10,16H,8H2. The first-order valence-corrected chi connectivity index (χ1v) is 7.98. The lowest BCUT2D eigenvalue weighted by Crippen LogP contribution is -2.16. The molecule has 0 bridgehead atoms. The first-order chi connectivity index (χ1) is 11.1. The number of hydrogen-bond acceptors (Lipinski definition) is 6. The van der Waals surface area contributed by atoms with Crippen molar-refractivity contribution in [3.8, 4) is 11.5 Å². The van der Waals surface area contributed by atoms with Gasteiger partial charge in [-0.2, -0.15) is 0 Å². The maximum Gasteiger partial charge on any atom is 0.382 e. The van der Waals surface area contributed by atoms with Crippen molar-refractivity contribution in [1.29, 1.82) is 0 Å². The zero-order valence-corrected chi connectivity index (χ0v) is 13.4. The number of rotatable bonds is 8. The van der Waals surface area contributed by atoms with Crippen molar-refractivity contribution >= 4 is 32.1 Å². The minimum atomic E-state index is -1.70. The molecule has 1 atom stereocenters. The van der Waals surface area contributed by atoms with Crippen LogP contribution in [0.1, 0.15) is 0 Å². The van der Waals surface area contributed by atoms with Gasteiger partial charge in [-0.05, 0) is 18.2 Å². The Labute approximate surface area is 138 Å². The van der Waals surface area contributed by atoms with Gasteiger partial charge in [-0.1, -0.05) is 29.8 Å². The predicted molar refractivity (Wildman–Crippen MR) is 86.8 cm³/mol. The smallest absolute Gasteiger partial charge is 0.382 e. The second-order valence-corrected chi connectivity index (χ2v) is 5.76. The minimum absolute atomic E-state index is 0.0309. The molecular weight excluding hydrogens is 343 g/mol. The van der Waals surface area contributed by atoms with Crippen molar-refractivity contribution in [3.05, 3.63) is 63.7 Å². The second kappa shape index (κ2) is 8.43. The molecule has 120 valence electrons. The van der Waals surface area contributed by atoms with Crippen molar-refractivity contribution < 1.29 is 18.8 Å². The number of benzene rings is 2. The molecule has 2 aromatic carbocycles. The van der Waals surface area contributed by atoms with Crippen LogP contribution in [0.2, 0.25) is 5.02 Å². The Hall–Kier alpha value is -2.21. The van der Waals surface area contributed by atoms with Gasteiger partial charge < -0.3 is 13.8 Å². The highest BCUT2D eigenvalue weighted by atomic mass is 35.5. The summed E-state index contributed by atoms with van der Waals surface area (Å²) in [6, 6.07) is 12.7. The Kier molecular flexibility index (Phi) is 6.29. The predicted octanol–water partition coefficient (Wildman–Crippen LogP) is 3.72. The average Bonchev–Trinajstić information content (AvgIpc) is 2.55. The van der Waals surface area contributed by atoms with Gasteiger partial charge in [0.2, 0.25) is 0 Å². The van der Waals surface area contributed by atoms with Gasteiger partial charge in [0.1, 0.15) is 17.8 Å². The highest BCUT2D eigenvalue weighted by molar-refractivity contribution is 7.45. The van der Waals surface area contributed by atoms with E-state index < -0.39 is 13.4 Å². The van der Waals surface area contributed by atoms with Crippen LogP contribution in [-0.2, 0) is 4.79 Å². The molecule has 0 heterocycles. The number of nitro benzene ring substituents is 1. The van der Waals surface area contributed by atoms with Crippen molar-refractivity contribution in [2.45, 2.75) is 0 Å². The molecule has 0 aliphatic carbocycles. The molecular formula is C14H12ClN2O5P. The molecule has 0 aromatic heterocycles. The first kappa shape index (κ1) is 17.1. The molecule has 0 saturated heterocycles. The third-order valence-electron chi connectivity index (χ3n) is 2.54.